The highest BCUT2D eigenvalue weighted by molar-refractivity contribution is 5.93. The molecule has 0 aliphatic heterocycles. The van der Waals surface area contributed by atoms with Crippen LogP contribution in [0.25, 0.3) is 0 Å². The summed E-state index contributed by atoms with van der Waals surface area (Å²) in [7, 11) is 0. The van der Waals surface area contributed by atoms with Crippen LogP contribution in [0.2, 0.25) is 0 Å². The Morgan fingerprint density at radius 1 is 1.33 bits per heavy atom. The van der Waals surface area contributed by atoms with Gasteiger partial charge in [-0.3, -0.25) is 14.9 Å². The van der Waals surface area contributed by atoms with E-state index in [9.17, 15) is 19.7 Å². The standard InChI is InChI=1S/C13H16N2O6/c1-3-20-8-13(17)21-7-12(16)14-11-6-10(15(18)19)5-4-9(11)2/h4-6H,3,7-8H2,1-2H3,(H,14,16). The molecule has 114 valence electrons. The lowest BCUT2D eigenvalue weighted by molar-refractivity contribution is -0.384. The zero-order valence-electron chi connectivity index (χ0n) is 11.8. The minimum atomic E-state index is -0.650. The molecule has 1 aromatic rings. The molecule has 21 heavy (non-hydrogen) atoms. The Balaban J connectivity index is 2.56. The number of aryl methyl sites for hydroxylation is 1. The summed E-state index contributed by atoms with van der Waals surface area (Å²) in [4.78, 5) is 32.9. The average Bonchev–Trinajstić information content (AvgIpc) is 2.45. The lowest BCUT2D eigenvalue weighted by Crippen LogP contribution is -2.23. The van der Waals surface area contributed by atoms with Crippen molar-refractivity contribution in [3.63, 3.8) is 0 Å². The van der Waals surface area contributed by atoms with Crippen molar-refractivity contribution in [3.8, 4) is 0 Å². The predicted molar refractivity (Wildman–Crippen MR) is 73.9 cm³/mol. The van der Waals surface area contributed by atoms with Crippen LogP contribution >= 0.6 is 0 Å². The summed E-state index contributed by atoms with van der Waals surface area (Å²) in [5.74, 6) is -1.23. The summed E-state index contributed by atoms with van der Waals surface area (Å²) in [5.41, 5.74) is 0.828. The van der Waals surface area contributed by atoms with Gasteiger partial charge in [0, 0.05) is 18.7 Å². The van der Waals surface area contributed by atoms with Crippen LogP contribution < -0.4 is 5.32 Å². The normalized spacial score (nSPS) is 10.0. The van der Waals surface area contributed by atoms with E-state index in [2.05, 4.69) is 10.1 Å². The summed E-state index contributed by atoms with van der Waals surface area (Å²) in [5, 5.41) is 13.1. The van der Waals surface area contributed by atoms with Crippen molar-refractivity contribution in [3.05, 3.63) is 33.9 Å². The van der Waals surface area contributed by atoms with E-state index in [-0.39, 0.29) is 12.3 Å². The van der Waals surface area contributed by atoms with E-state index in [0.29, 0.717) is 17.9 Å². The molecule has 1 aromatic carbocycles. The van der Waals surface area contributed by atoms with Gasteiger partial charge in [0.15, 0.2) is 6.61 Å². The number of carbonyl (C=O) groups excluding carboxylic acids is 2. The van der Waals surface area contributed by atoms with Gasteiger partial charge in [0.05, 0.1) is 10.6 Å². The summed E-state index contributed by atoms with van der Waals surface area (Å²) in [6, 6.07) is 4.11. The highest BCUT2D eigenvalue weighted by Crippen LogP contribution is 2.21. The number of nitrogens with zero attached hydrogens (tertiary/aromatic N) is 1. The molecule has 1 N–H and O–H groups in total. The summed E-state index contributed by atoms with van der Waals surface area (Å²) in [6.07, 6.45) is 0. The maximum Gasteiger partial charge on any atom is 0.332 e. The van der Waals surface area contributed by atoms with Crippen molar-refractivity contribution in [2.75, 3.05) is 25.1 Å². The van der Waals surface area contributed by atoms with E-state index in [0.717, 1.165) is 0 Å². The number of non-ortho nitro benzene ring substituents is 1. The summed E-state index contributed by atoms with van der Waals surface area (Å²) in [6.45, 7) is 3.09. The number of hydrogen-bond acceptors (Lipinski definition) is 6. The predicted octanol–water partition coefficient (Wildman–Crippen LogP) is 1.42. The Labute approximate surface area is 121 Å². The molecule has 0 aliphatic carbocycles. The number of ether oxygens (including phenoxy) is 2. The summed E-state index contributed by atoms with van der Waals surface area (Å²) < 4.78 is 9.51. The number of nitro benzene ring substituents is 1. The number of anilines is 1. The van der Waals surface area contributed by atoms with Crippen molar-refractivity contribution in [2.45, 2.75) is 13.8 Å². The van der Waals surface area contributed by atoms with Gasteiger partial charge < -0.3 is 14.8 Å². The molecule has 0 atom stereocenters. The second kappa shape index (κ2) is 7.95. The first-order valence-electron chi connectivity index (χ1n) is 6.22. The van der Waals surface area contributed by atoms with Crippen LogP contribution in [0, 0.1) is 17.0 Å². The smallest absolute Gasteiger partial charge is 0.332 e. The second-order valence-corrected chi connectivity index (χ2v) is 4.10. The molecule has 0 heterocycles. The Morgan fingerprint density at radius 2 is 2.05 bits per heavy atom. The summed E-state index contributed by atoms with van der Waals surface area (Å²) >= 11 is 0. The van der Waals surface area contributed by atoms with Gasteiger partial charge in [0.2, 0.25) is 0 Å². The van der Waals surface area contributed by atoms with E-state index < -0.39 is 23.4 Å². The molecule has 0 aliphatic rings. The first-order chi connectivity index (χ1) is 9.93. The third kappa shape index (κ3) is 5.57. The molecule has 0 saturated heterocycles. The average molecular weight is 296 g/mol. The number of rotatable bonds is 7. The molecule has 1 amide bonds. The second-order valence-electron chi connectivity index (χ2n) is 4.10. The number of amides is 1. The van der Waals surface area contributed by atoms with Gasteiger partial charge in [-0.1, -0.05) is 6.07 Å². The van der Waals surface area contributed by atoms with Gasteiger partial charge in [0.1, 0.15) is 6.61 Å². The number of esters is 1. The highest BCUT2D eigenvalue weighted by Gasteiger charge is 2.12. The van der Waals surface area contributed by atoms with Crippen LogP contribution in [0.15, 0.2) is 18.2 Å². The third-order valence-electron chi connectivity index (χ3n) is 2.49. The quantitative estimate of drug-likeness (QED) is 0.463. The number of carbonyl (C=O) groups is 2. The molecule has 0 bridgehead atoms. The van der Waals surface area contributed by atoms with E-state index in [1.807, 2.05) is 0 Å². The fourth-order valence-electron chi connectivity index (χ4n) is 1.42. The van der Waals surface area contributed by atoms with E-state index >= 15 is 0 Å². The topological polar surface area (TPSA) is 108 Å². The zero-order valence-corrected chi connectivity index (χ0v) is 11.8. The van der Waals surface area contributed by atoms with Gasteiger partial charge in [-0.05, 0) is 19.4 Å². The van der Waals surface area contributed by atoms with Crippen molar-refractivity contribution in [2.24, 2.45) is 0 Å². The maximum absolute atomic E-state index is 11.6. The maximum atomic E-state index is 11.6. The minimum Gasteiger partial charge on any atom is -0.454 e. The lowest BCUT2D eigenvalue weighted by Gasteiger charge is -2.09. The number of benzene rings is 1. The highest BCUT2D eigenvalue weighted by atomic mass is 16.6. The lowest BCUT2D eigenvalue weighted by atomic mass is 10.2. The molecule has 1 rings (SSSR count). The molecule has 8 heteroatoms. The van der Waals surface area contributed by atoms with Crippen LogP contribution in [0.5, 0.6) is 0 Å². The zero-order chi connectivity index (χ0) is 15.8. The van der Waals surface area contributed by atoms with Crippen molar-refractivity contribution >= 4 is 23.3 Å². The Bertz CT molecular complexity index is 543. The van der Waals surface area contributed by atoms with Crippen LogP contribution in [-0.2, 0) is 19.1 Å². The van der Waals surface area contributed by atoms with Gasteiger partial charge in [-0.15, -0.1) is 0 Å². The van der Waals surface area contributed by atoms with Gasteiger partial charge in [-0.2, -0.15) is 0 Å². The molecule has 0 spiro atoms. The first-order valence-corrected chi connectivity index (χ1v) is 6.22. The van der Waals surface area contributed by atoms with Crippen molar-refractivity contribution < 1.29 is 24.0 Å². The van der Waals surface area contributed by atoms with Crippen LogP contribution in [0.1, 0.15) is 12.5 Å². The van der Waals surface area contributed by atoms with E-state index in [4.69, 9.17) is 4.74 Å². The number of hydrogen-bond donors (Lipinski definition) is 1. The SMILES string of the molecule is CCOCC(=O)OCC(=O)Nc1cc([N+](=O)[O-])ccc1C. The number of nitrogens with one attached hydrogen (secondary N) is 1. The molecule has 0 radical (unpaired) electrons. The van der Waals surface area contributed by atoms with Gasteiger partial charge in [0.25, 0.3) is 11.6 Å². The van der Waals surface area contributed by atoms with Crippen molar-refractivity contribution in [1.29, 1.82) is 0 Å². The molecule has 0 aromatic heterocycles. The van der Waals surface area contributed by atoms with Gasteiger partial charge >= 0.3 is 5.97 Å². The van der Waals surface area contributed by atoms with Crippen LogP contribution in [0.3, 0.4) is 0 Å². The third-order valence-corrected chi connectivity index (χ3v) is 2.49. The largest absolute Gasteiger partial charge is 0.454 e. The molecule has 0 unspecified atom stereocenters. The molecular formula is C13H16N2O6. The molecule has 0 saturated carbocycles. The number of nitro groups is 1. The van der Waals surface area contributed by atoms with E-state index in [1.165, 1.54) is 18.2 Å². The minimum absolute atomic E-state index is 0.135. The van der Waals surface area contributed by atoms with Crippen LogP contribution in [-0.4, -0.2) is 36.6 Å². The molecule has 0 fully saturated rings. The monoisotopic (exact) mass is 296 g/mol. The molecule has 8 nitrogen and oxygen atoms in total. The fraction of sp³-hybridized carbons (Fsp3) is 0.385. The first kappa shape index (κ1) is 16.6. The Kier molecular flexibility index (Phi) is 6.28. The Morgan fingerprint density at radius 3 is 2.67 bits per heavy atom. The fourth-order valence-corrected chi connectivity index (χ4v) is 1.42. The van der Waals surface area contributed by atoms with Gasteiger partial charge in [-0.25, -0.2) is 4.79 Å². The van der Waals surface area contributed by atoms with E-state index in [1.54, 1.807) is 13.8 Å². The van der Waals surface area contributed by atoms with Crippen molar-refractivity contribution in [1.82, 2.24) is 0 Å². The molecular weight excluding hydrogens is 280 g/mol. The Hall–Kier alpha value is -2.48. The van der Waals surface area contributed by atoms with Crippen LogP contribution in [0.4, 0.5) is 11.4 Å².